The van der Waals surface area contributed by atoms with Gasteiger partial charge >= 0.3 is 0 Å². The zero-order valence-corrected chi connectivity index (χ0v) is 19.0. The van der Waals surface area contributed by atoms with E-state index in [2.05, 4.69) is 12.2 Å². The zero-order chi connectivity index (χ0) is 22.7. The monoisotopic (exact) mass is 430 g/mol. The molecular weight excluding hydrogens is 400 g/mol. The molecule has 32 heavy (non-hydrogen) atoms. The molecule has 1 N–H and O–H groups in total. The minimum Gasteiger partial charge on any atom is -0.496 e. The Morgan fingerprint density at radius 1 is 1.06 bits per heavy atom. The van der Waals surface area contributed by atoms with Crippen LogP contribution in [0.4, 0.5) is 5.69 Å². The average molecular weight is 431 g/mol. The van der Waals surface area contributed by atoms with Crippen LogP contribution in [0.3, 0.4) is 0 Å². The maximum atomic E-state index is 13.4. The molecule has 0 saturated carbocycles. The molecule has 5 nitrogen and oxygen atoms in total. The third kappa shape index (κ3) is 4.20. The fraction of sp³-hybridized carbons (Fsp3) is 0.333. The lowest BCUT2D eigenvalue weighted by Gasteiger charge is -2.32. The number of hydrogen-bond donors (Lipinski definition) is 1. The standard InChI is InChI=1S/C27H30N2O3/c1-4-19-10-7-9-18(2)25(19)28-26(30)20-11-8-16-29(17-20)27(31)23-14-15-24(32-3)22-13-6-5-12-21(22)23/h5-7,9-10,12-15,20H,4,8,11,16-17H2,1-3H3,(H,28,30)/t20-/m0/s1. The van der Waals surface area contributed by atoms with Gasteiger partial charge in [0.25, 0.3) is 5.91 Å². The Balaban J connectivity index is 1.54. The Labute approximate surface area is 189 Å². The second-order valence-electron chi connectivity index (χ2n) is 8.40. The topological polar surface area (TPSA) is 58.6 Å². The normalized spacial score (nSPS) is 16.1. The molecule has 1 fully saturated rings. The van der Waals surface area contributed by atoms with Gasteiger partial charge in [-0.05, 0) is 54.8 Å². The van der Waals surface area contributed by atoms with Crippen molar-refractivity contribution in [2.45, 2.75) is 33.1 Å². The number of para-hydroxylation sites is 1. The number of rotatable bonds is 5. The van der Waals surface area contributed by atoms with E-state index < -0.39 is 0 Å². The van der Waals surface area contributed by atoms with Gasteiger partial charge < -0.3 is 15.0 Å². The zero-order valence-electron chi connectivity index (χ0n) is 19.0. The summed E-state index contributed by atoms with van der Waals surface area (Å²) in [6.45, 7) is 5.19. The number of carbonyl (C=O) groups is 2. The number of benzene rings is 3. The van der Waals surface area contributed by atoms with Gasteiger partial charge in [0.1, 0.15) is 5.75 Å². The Morgan fingerprint density at radius 2 is 1.84 bits per heavy atom. The molecular formula is C27H30N2O3. The van der Waals surface area contributed by atoms with Crippen molar-refractivity contribution in [2.24, 2.45) is 5.92 Å². The molecule has 0 unspecified atom stereocenters. The van der Waals surface area contributed by atoms with Gasteiger partial charge in [-0.2, -0.15) is 0 Å². The summed E-state index contributed by atoms with van der Waals surface area (Å²) in [6, 6.07) is 17.5. The summed E-state index contributed by atoms with van der Waals surface area (Å²) in [4.78, 5) is 28.4. The molecule has 1 atom stereocenters. The Morgan fingerprint density at radius 3 is 2.59 bits per heavy atom. The van der Waals surface area contributed by atoms with Crippen LogP contribution in [0.5, 0.6) is 5.75 Å². The van der Waals surface area contributed by atoms with Gasteiger partial charge in [-0.25, -0.2) is 0 Å². The second-order valence-corrected chi connectivity index (χ2v) is 8.40. The average Bonchev–Trinajstić information content (AvgIpc) is 2.84. The van der Waals surface area contributed by atoms with E-state index >= 15 is 0 Å². The van der Waals surface area contributed by atoms with Crippen LogP contribution in [-0.2, 0) is 11.2 Å². The predicted octanol–water partition coefficient (Wildman–Crippen LogP) is 5.21. The summed E-state index contributed by atoms with van der Waals surface area (Å²) in [5.41, 5.74) is 3.75. The van der Waals surface area contributed by atoms with Crippen LogP contribution in [0, 0.1) is 12.8 Å². The largest absolute Gasteiger partial charge is 0.496 e. The van der Waals surface area contributed by atoms with Crippen molar-refractivity contribution in [3.63, 3.8) is 0 Å². The molecule has 166 valence electrons. The number of carbonyl (C=O) groups excluding carboxylic acids is 2. The first kappa shape index (κ1) is 21.9. The number of methoxy groups -OCH3 is 1. The van der Waals surface area contributed by atoms with Crippen LogP contribution < -0.4 is 10.1 Å². The van der Waals surface area contributed by atoms with Gasteiger partial charge in [0.05, 0.1) is 13.0 Å². The Hall–Kier alpha value is -3.34. The quantitative estimate of drug-likeness (QED) is 0.604. The summed E-state index contributed by atoms with van der Waals surface area (Å²) >= 11 is 0. The van der Waals surface area contributed by atoms with Gasteiger partial charge in [0.15, 0.2) is 0 Å². The number of likely N-dealkylation sites (tertiary alicyclic amines) is 1. The predicted molar refractivity (Wildman–Crippen MR) is 128 cm³/mol. The first-order valence-corrected chi connectivity index (χ1v) is 11.3. The fourth-order valence-corrected chi connectivity index (χ4v) is 4.61. The maximum Gasteiger partial charge on any atom is 0.254 e. The SMILES string of the molecule is CCc1cccc(C)c1NC(=O)[C@H]1CCCN(C(=O)c2ccc(OC)c3ccccc23)C1. The number of aryl methyl sites for hydroxylation is 2. The molecule has 0 aromatic heterocycles. The van der Waals surface area contributed by atoms with E-state index in [0.29, 0.717) is 18.7 Å². The molecule has 0 bridgehead atoms. The number of anilines is 1. The molecule has 2 amide bonds. The van der Waals surface area contributed by atoms with Crippen LogP contribution in [0.15, 0.2) is 54.6 Å². The molecule has 0 aliphatic carbocycles. The number of nitrogens with one attached hydrogen (secondary N) is 1. The number of piperidine rings is 1. The van der Waals surface area contributed by atoms with Crippen molar-refractivity contribution in [1.82, 2.24) is 4.90 Å². The molecule has 3 aromatic rings. The highest BCUT2D eigenvalue weighted by Crippen LogP contribution is 2.30. The van der Waals surface area contributed by atoms with Gasteiger partial charge in [-0.1, -0.05) is 49.4 Å². The lowest BCUT2D eigenvalue weighted by Crippen LogP contribution is -2.44. The lowest BCUT2D eigenvalue weighted by atomic mass is 9.95. The molecule has 0 spiro atoms. The number of nitrogens with zero attached hydrogens (tertiary/aromatic N) is 1. The van der Waals surface area contributed by atoms with Crippen LogP contribution in [-0.4, -0.2) is 36.9 Å². The van der Waals surface area contributed by atoms with Gasteiger partial charge in [-0.15, -0.1) is 0 Å². The highest BCUT2D eigenvalue weighted by Gasteiger charge is 2.30. The molecule has 1 aliphatic rings. The van der Waals surface area contributed by atoms with Crippen LogP contribution in [0.1, 0.15) is 41.3 Å². The second kappa shape index (κ2) is 9.43. The number of amides is 2. The maximum absolute atomic E-state index is 13.4. The summed E-state index contributed by atoms with van der Waals surface area (Å²) in [5.74, 6) is 0.483. The van der Waals surface area contributed by atoms with Crippen molar-refractivity contribution in [3.8, 4) is 5.75 Å². The first-order valence-electron chi connectivity index (χ1n) is 11.3. The van der Waals surface area contributed by atoms with Crippen molar-refractivity contribution in [3.05, 3.63) is 71.3 Å². The number of fused-ring (bicyclic) bond motifs is 1. The smallest absolute Gasteiger partial charge is 0.254 e. The minimum atomic E-state index is -0.221. The molecule has 1 saturated heterocycles. The van der Waals surface area contributed by atoms with Crippen molar-refractivity contribution in [1.29, 1.82) is 0 Å². The molecule has 1 aliphatic heterocycles. The Bertz CT molecular complexity index is 1150. The van der Waals surface area contributed by atoms with E-state index in [4.69, 9.17) is 4.74 Å². The summed E-state index contributed by atoms with van der Waals surface area (Å²) in [6.07, 6.45) is 2.45. The van der Waals surface area contributed by atoms with E-state index in [1.807, 2.05) is 66.4 Å². The number of ether oxygens (including phenoxy) is 1. The minimum absolute atomic E-state index is 0.00825. The van der Waals surface area contributed by atoms with Crippen LogP contribution in [0.25, 0.3) is 10.8 Å². The molecule has 5 heteroatoms. The van der Waals surface area contributed by atoms with Crippen molar-refractivity contribution in [2.75, 3.05) is 25.5 Å². The van der Waals surface area contributed by atoms with Crippen molar-refractivity contribution >= 4 is 28.3 Å². The molecule has 4 rings (SSSR count). The van der Waals surface area contributed by atoms with Gasteiger partial charge in [0, 0.05) is 29.7 Å². The molecule has 0 radical (unpaired) electrons. The van der Waals surface area contributed by atoms with E-state index in [9.17, 15) is 9.59 Å². The highest BCUT2D eigenvalue weighted by molar-refractivity contribution is 6.08. The highest BCUT2D eigenvalue weighted by atomic mass is 16.5. The third-order valence-corrected chi connectivity index (χ3v) is 6.40. The Kier molecular flexibility index (Phi) is 6.45. The van der Waals surface area contributed by atoms with Gasteiger partial charge in [-0.3, -0.25) is 9.59 Å². The van der Waals surface area contributed by atoms with Crippen molar-refractivity contribution < 1.29 is 14.3 Å². The lowest BCUT2D eigenvalue weighted by molar-refractivity contribution is -0.121. The molecule has 1 heterocycles. The summed E-state index contributed by atoms with van der Waals surface area (Å²) in [5, 5.41) is 4.94. The van der Waals surface area contributed by atoms with E-state index in [1.165, 1.54) is 0 Å². The van der Waals surface area contributed by atoms with E-state index in [-0.39, 0.29) is 17.7 Å². The first-order chi connectivity index (χ1) is 15.5. The van der Waals surface area contributed by atoms with Gasteiger partial charge in [0.2, 0.25) is 5.91 Å². The third-order valence-electron chi connectivity index (χ3n) is 6.40. The van der Waals surface area contributed by atoms with E-state index in [1.54, 1.807) is 7.11 Å². The van der Waals surface area contributed by atoms with Crippen LogP contribution >= 0.6 is 0 Å². The number of hydrogen-bond acceptors (Lipinski definition) is 3. The van der Waals surface area contributed by atoms with Crippen LogP contribution in [0.2, 0.25) is 0 Å². The summed E-state index contributed by atoms with van der Waals surface area (Å²) in [7, 11) is 1.63. The fourth-order valence-electron chi connectivity index (χ4n) is 4.61. The molecule has 3 aromatic carbocycles. The summed E-state index contributed by atoms with van der Waals surface area (Å²) < 4.78 is 5.46. The van der Waals surface area contributed by atoms with E-state index in [0.717, 1.165) is 52.6 Å².